The topological polar surface area (TPSA) is 9.86 Å². The fraction of sp³-hybridized carbons (Fsp3) is 0.0204. The highest BCUT2D eigenvalue weighted by atomic mass is 15.0. The lowest BCUT2D eigenvalue weighted by Crippen LogP contribution is -1.96. The third-order valence-corrected chi connectivity index (χ3v) is 11.0. The summed E-state index contributed by atoms with van der Waals surface area (Å²) in [4.78, 5) is 0. The molecule has 0 bridgehead atoms. The largest absolute Gasteiger partial charge is 0.309 e. The summed E-state index contributed by atoms with van der Waals surface area (Å²) < 4.78 is 4.90. The van der Waals surface area contributed by atoms with Crippen molar-refractivity contribution in [1.82, 2.24) is 9.13 Å². The van der Waals surface area contributed by atoms with Crippen LogP contribution in [0.4, 0.5) is 0 Å². The van der Waals surface area contributed by atoms with Gasteiger partial charge in [-0.3, -0.25) is 0 Å². The van der Waals surface area contributed by atoms with Crippen molar-refractivity contribution in [3.63, 3.8) is 0 Å². The molecule has 2 nitrogen and oxygen atoms in total. The minimum Gasteiger partial charge on any atom is -0.309 e. The number of hydrogen-bond donors (Lipinski definition) is 0. The van der Waals surface area contributed by atoms with Crippen LogP contribution in [0.2, 0.25) is 0 Å². The van der Waals surface area contributed by atoms with Gasteiger partial charge in [0.1, 0.15) is 0 Å². The van der Waals surface area contributed by atoms with Crippen molar-refractivity contribution >= 4 is 43.6 Å². The maximum atomic E-state index is 2.47. The van der Waals surface area contributed by atoms with E-state index in [0.29, 0.717) is 0 Å². The molecule has 0 unspecified atom stereocenters. The fourth-order valence-electron chi connectivity index (χ4n) is 8.61. The van der Waals surface area contributed by atoms with Gasteiger partial charge in [0.2, 0.25) is 0 Å². The minimum absolute atomic E-state index is 1.00. The van der Waals surface area contributed by atoms with E-state index in [2.05, 4.69) is 191 Å². The summed E-state index contributed by atoms with van der Waals surface area (Å²) in [7, 11) is 0. The number of benzene rings is 8. The van der Waals surface area contributed by atoms with Crippen LogP contribution >= 0.6 is 0 Å². The molecule has 10 aromatic rings. The molecule has 8 aromatic carbocycles. The molecule has 0 N–H and O–H groups in total. The van der Waals surface area contributed by atoms with Gasteiger partial charge >= 0.3 is 0 Å². The first-order valence-electron chi connectivity index (χ1n) is 17.7. The summed E-state index contributed by atoms with van der Waals surface area (Å²) in [6.45, 7) is 0. The van der Waals surface area contributed by atoms with E-state index in [4.69, 9.17) is 0 Å². The molecule has 11 rings (SSSR count). The third-order valence-electron chi connectivity index (χ3n) is 11.0. The average Bonchev–Trinajstić information content (AvgIpc) is 3.86. The standard InChI is InChI=1S/C49H32N2/c1-2-10-32(11-3-1)33-18-20-34(21-19-33)35-22-25-38(26-23-35)50-44-16-8-6-14-41(44)48-46(50)28-29-47-49(48)42-15-7-9-17-45(42)51(47)39-27-24-37-30-36-12-4-5-13-40(36)43(37)31-39/h1-29,31H,30H2. The first-order chi connectivity index (χ1) is 25.3. The van der Waals surface area contributed by atoms with E-state index in [-0.39, 0.29) is 0 Å². The molecule has 0 radical (unpaired) electrons. The number of hydrogen-bond acceptors (Lipinski definition) is 0. The maximum Gasteiger partial charge on any atom is 0.0548 e. The molecule has 2 aromatic heterocycles. The predicted molar refractivity (Wildman–Crippen MR) is 214 cm³/mol. The molecule has 51 heavy (non-hydrogen) atoms. The van der Waals surface area contributed by atoms with Gasteiger partial charge in [0.25, 0.3) is 0 Å². The molecule has 0 fully saturated rings. The normalized spacial score (nSPS) is 12.2. The maximum absolute atomic E-state index is 2.47. The molecular formula is C49H32N2. The SMILES string of the molecule is c1ccc(-c2ccc(-c3ccc(-n4c5ccccc5c5c6c7ccccc7n(-c7ccc8c(c7)-c7ccccc7C8)c6ccc54)cc3)cc2)cc1. The second-order valence-electron chi connectivity index (χ2n) is 13.7. The number of nitrogens with zero attached hydrogens (tertiary/aromatic N) is 2. The van der Waals surface area contributed by atoms with Crippen LogP contribution in [0.3, 0.4) is 0 Å². The molecule has 0 amide bonds. The minimum atomic E-state index is 1.00. The van der Waals surface area contributed by atoms with Crippen molar-refractivity contribution in [3.05, 3.63) is 193 Å². The van der Waals surface area contributed by atoms with Gasteiger partial charge < -0.3 is 9.13 Å². The van der Waals surface area contributed by atoms with Gasteiger partial charge in [-0.2, -0.15) is 0 Å². The summed E-state index contributed by atoms with van der Waals surface area (Å²) in [6.07, 6.45) is 1.00. The first kappa shape index (κ1) is 28.2. The van der Waals surface area contributed by atoms with Gasteiger partial charge in [-0.15, -0.1) is 0 Å². The molecule has 0 spiro atoms. The van der Waals surface area contributed by atoms with Gasteiger partial charge in [-0.05, 0) is 99.5 Å². The van der Waals surface area contributed by atoms with Crippen molar-refractivity contribution in [3.8, 4) is 44.8 Å². The second-order valence-corrected chi connectivity index (χ2v) is 13.7. The quantitative estimate of drug-likeness (QED) is 0.180. The Balaban J connectivity index is 1.08. The lowest BCUT2D eigenvalue weighted by molar-refractivity contribution is 1.17. The van der Waals surface area contributed by atoms with E-state index in [9.17, 15) is 0 Å². The van der Waals surface area contributed by atoms with E-state index in [1.165, 1.54) is 93.8 Å². The Hall–Kier alpha value is -6.64. The Morgan fingerprint density at radius 1 is 0.314 bits per heavy atom. The number of fused-ring (bicyclic) bond motifs is 10. The monoisotopic (exact) mass is 648 g/mol. The van der Waals surface area contributed by atoms with Crippen LogP contribution < -0.4 is 0 Å². The summed E-state index contributed by atoms with van der Waals surface area (Å²) in [5, 5.41) is 5.14. The van der Waals surface area contributed by atoms with Gasteiger partial charge in [-0.1, -0.05) is 133 Å². The molecule has 0 atom stereocenters. The van der Waals surface area contributed by atoms with Crippen molar-refractivity contribution < 1.29 is 0 Å². The molecule has 2 heterocycles. The van der Waals surface area contributed by atoms with Gasteiger partial charge in [0, 0.05) is 32.9 Å². The average molecular weight is 649 g/mol. The zero-order chi connectivity index (χ0) is 33.5. The Kier molecular flexibility index (Phi) is 6.05. The Morgan fingerprint density at radius 3 is 1.43 bits per heavy atom. The van der Waals surface area contributed by atoms with Crippen molar-refractivity contribution in [2.24, 2.45) is 0 Å². The second kappa shape index (κ2) is 10.9. The van der Waals surface area contributed by atoms with Crippen LogP contribution in [0, 0.1) is 0 Å². The van der Waals surface area contributed by atoms with Crippen molar-refractivity contribution in [2.75, 3.05) is 0 Å². The Labute approximate surface area is 296 Å². The fourth-order valence-corrected chi connectivity index (χ4v) is 8.61. The molecule has 2 heteroatoms. The van der Waals surface area contributed by atoms with Crippen molar-refractivity contribution in [2.45, 2.75) is 6.42 Å². The molecule has 0 aliphatic heterocycles. The smallest absolute Gasteiger partial charge is 0.0548 e. The Morgan fingerprint density at radius 2 is 0.784 bits per heavy atom. The molecule has 238 valence electrons. The summed E-state index contributed by atoms with van der Waals surface area (Å²) >= 11 is 0. The zero-order valence-electron chi connectivity index (χ0n) is 27.9. The zero-order valence-corrected chi connectivity index (χ0v) is 27.9. The highest BCUT2D eigenvalue weighted by molar-refractivity contribution is 6.28. The Bertz CT molecular complexity index is 2960. The van der Waals surface area contributed by atoms with E-state index in [1.807, 2.05) is 0 Å². The number of para-hydroxylation sites is 2. The summed E-state index contributed by atoms with van der Waals surface area (Å²) in [5.74, 6) is 0. The van der Waals surface area contributed by atoms with Crippen molar-refractivity contribution in [1.29, 1.82) is 0 Å². The molecule has 1 aliphatic rings. The van der Waals surface area contributed by atoms with E-state index < -0.39 is 0 Å². The predicted octanol–water partition coefficient (Wildman–Crippen LogP) is 12.8. The highest BCUT2D eigenvalue weighted by Gasteiger charge is 2.22. The van der Waals surface area contributed by atoms with Gasteiger partial charge in [0.05, 0.1) is 22.1 Å². The van der Waals surface area contributed by atoms with Crippen LogP contribution in [0.1, 0.15) is 11.1 Å². The van der Waals surface area contributed by atoms with Crippen LogP contribution in [0.25, 0.3) is 88.4 Å². The van der Waals surface area contributed by atoms with Crippen LogP contribution in [-0.2, 0) is 6.42 Å². The van der Waals surface area contributed by atoms with E-state index in [1.54, 1.807) is 0 Å². The molecule has 1 aliphatic carbocycles. The highest BCUT2D eigenvalue weighted by Crippen LogP contribution is 2.44. The molecule has 0 saturated heterocycles. The first-order valence-corrected chi connectivity index (χ1v) is 17.7. The number of rotatable bonds is 4. The lowest BCUT2D eigenvalue weighted by Gasteiger charge is -2.11. The van der Waals surface area contributed by atoms with Crippen LogP contribution in [0.15, 0.2) is 182 Å². The molecular weight excluding hydrogens is 617 g/mol. The van der Waals surface area contributed by atoms with E-state index >= 15 is 0 Å². The lowest BCUT2D eigenvalue weighted by atomic mass is 10.0. The van der Waals surface area contributed by atoms with Crippen LogP contribution in [-0.4, -0.2) is 9.13 Å². The molecule has 0 saturated carbocycles. The number of aromatic nitrogens is 2. The third kappa shape index (κ3) is 4.23. The van der Waals surface area contributed by atoms with E-state index in [0.717, 1.165) is 12.1 Å². The summed E-state index contributed by atoms with van der Waals surface area (Å²) in [6, 6.07) is 66.8. The van der Waals surface area contributed by atoms with Gasteiger partial charge in [0.15, 0.2) is 0 Å². The van der Waals surface area contributed by atoms with Gasteiger partial charge in [-0.25, -0.2) is 0 Å². The summed E-state index contributed by atoms with van der Waals surface area (Å²) in [5.41, 5.74) is 17.7. The van der Waals surface area contributed by atoms with Crippen LogP contribution in [0.5, 0.6) is 0 Å².